The molecule has 0 nitrogen and oxygen atoms in total. The van der Waals surface area contributed by atoms with Crippen molar-refractivity contribution in [2.45, 2.75) is 38.5 Å². The summed E-state index contributed by atoms with van der Waals surface area (Å²) in [6.07, 6.45) is 9.00. The number of hydrogen-bond acceptors (Lipinski definition) is 0. The van der Waals surface area contributed by atoms with Crippen molar-refractivity contribution in [3.05, 3.63) is 5.92 Å². The first kappa shape index (κ1) is 4.84. The largest absolute Gasteiger partial charge is 0.0527 e. The molecule has 0 amide bonds. The van der Waals surface area contributed by atoms with Crippen LogP contribution in [0, 0.1) is 11.8 Å². The summed E-state index contributed by atoms with van der Waals surface area (Å²) in [5.41, 5.74) is 0. The molecule has 2 rings (SSSR count). The van der Waals surface area contributed by atoms with E-state index < -0.39 is 0 Å². The average Bonchev–Trinajstić information content (AvgIpc) is 1.47. The van der Waals surface area contributed by atoms with Gasteiger partial charge >= 0.3 is 0 Å². The Balaban J connectivity index is 1.79. The van der Waals surface area contributed by atoms with Crippen molar-refractivity contribution in [2.24, 2.45) is 5.92 Å². The molecule has 0 atom stereocenters. The molecule has 0 spiro atoms. The van der Waals surface area contributed by atoms with Gasteiger partial charge in [-0.1, -0.05) is 12.8 Å². The van der Waals surface area contributed by atoms with Crippen LogP contribution in [-0.2, 0) is 0 Å². The van der Waals surface area contributed by atoms with Crippen molar-refractivity contribution in [3.8, 4) is 0 Å². The van der Waals surface area contributed by atoms with Crippen LogP contribution in [0.25, 0.3) is 0 Å². The van der Waals surface area contributed by atoms with Crippen LogP contribution in [0.15, 0.2) is 0 Å². The van der Waals surface area contributed by atoms with Gasteiger partial charge in [-0.15, -0.1) is 0 Å². The van der Waals surface area contributed by atoms with E-state index in [1.54, 1.807) is 0 Å². The summed E-state index contributed by atoms with van der Waals surface area (Å²) in [7, 11) is 0. The maximum atomic E-state index is 1.90. The highest BCUT2D eigenvalue weighted by Crippen LogP contribution is 2.45. The highest BCUT2D eigenvalue weighted by molar-refractivity contribution is 5.05. The van der Waals surface area contributed by atoms with Crippen LogP contribution in [-0.4, -0.2) is 0 Å². The fourth-order valence-corrected chi connectivity index (χ4v) is 1.61. The van der Waals surface area contributed by atoms with Crippen LogP contribution in [0.5, 0.6) is 0 Å². The second-order valence-electron chi connectivity index (χ2n) is 3.14. The second kappa shape index (κ2) is 1.75. The van der Waals surface area contributed by atoms with E-state index in [-0.39, 0.29) is 0 Å². The van der Waals surface area contributed by atoms with Gasteiger partial charge in [-0.05, 0) is 37.5 Å². The molecule has 0 saturated heterocycles. The van der Waals surface area contributed by atoms with Crippen molar-refractivity contribution in [3.63, 3.8) is 0 Å². The molecule has 0 heteroatoms. The molecule has 8 heavy (non-hydrogen) atoms. The third-order valence-electron chi connectivity index (χ3n) is 2.68. The maximum Gasteiger partial charge on any atom is -0.0210 e. The molecule has 0 heterocycles. The van der Waals surface area contributed by atoms with Crippen molar-refractivity contribution in [2.75, 3.05) is 0 Å². The molecule has 2 fully saturated rings. The summed E-state index contributed by atoms with van der Waals surface area (Å²) in [4.78, 5) is 0. The predicted octanol–water partition coefficient (Wildman–Crippen LogP) is 2.54. The Morgan fingerprint density at radius 1 is 1.00 bits per heavy atom. The van der Waals surface area contributed by atoms with E-state index in [2.05, 4.69) is 0 Å². The molecule has 0 aliphatic heterocycles. The van der Waals surface area contributed by atoms with E-state index in [0.29, 0.717) is 0 Å². The maximum absolute atomic E-state index is 1.90. The standard InChI is InChI=1S/C8H13/c1-3-7(4-1)8-5-2-6-8/h7H,1-6H2. The number of hydrogen-bond donors (Lipinski definition) is 0. The van der Waals surface area contributed by atoms with E-state index >= 15 is 0 Å². The summed E-state index contributed by atoms with van der Waals surface area (Å²) in [6.45, 7) is 0. The lowest BCUT2D eigenvalue weighted by molar-refractivity contribution is 0.269. The molecule has 2 saturated carbocycles. The lowest BCUT2D eigenvalue weighted by Gasteiger charge is -2.38. The van der Waals surface area contributed by atoms with Gasteiger partial charge in [0.2, 0.25) is 0 Å². The molecule has 0 aromatic heterocycles. The third kappa shape index (κ3) is 0.586. The SMILES string of the molecule is C1C[C](C2CCC2)C1. The van der Waals surface area contributed by atoms with Crippen LogP contribution in [0.2, 0.25) is 0 Å². The normalized spacial score (nSPS) is 31.5. The minimum Gasteiger partial charge on any atom is -0.0527 e. The zero-order chi connectivity index (χ0) is 5.40. The van der Waals surface area contributed by atoms with Crippen LogP contribution < -0.4 is 0 Å². The summed E-state index contributed by atoms with van der Waals surface area (Å²) in [5, 5.41) is 0. The number of rotatable bonds is 1. The Morgan fingerprint density at radius 3 is 1.88 bits per heavy atom. The van der Waals surface area contributed by atoms with Gasteiger partial charge in [-0.25, -0.2) is 0 Å². The molecule has 0 unspecified atom stereocenters. The molecule has 45 valence electrons. The van der Waals surface area contributed by atoms with Crippen LogP contribution in [0.3, 0.4) is 0 Å². The first-order chi connectivity index (χ1) is 3.97. The molecule has 2 aliphatic rings. The molecule has 0 aromatic carbocycles. The van der Waals surface area contributed by atoms with Gasteiger partial charge in [0.25, 0.3) is 0 Å². The Kier molecular flexibility index (Phi) is 1.06. The second-order valence-corrected chi connectivity index (χ2v) is 3.14. The van der Waals surface area contributed by atoms with Crippen LogP contribution in [0.1, 0.15) is 38.5 Å². The Labute approximate surface area is 51.3 Å². The summed E-state index contributed by atoms with van der Waals surface area (Å²) in [6, 6.07) is 0. The van der Waals surface area contributed by atoms with E-state index in [1.807, 2.05) is 5.92 Å². The van der Waals surface area contributed by atoms with E-state index in [4.69, 9.17) is 0 Å². The molecule has 0 N–H and O–H groups in total. The molecular weight excluding hydrogens is 96.1 g/mol. The highest BCUT2D eigenvalue weighted by Gasteiger charge is 2.31. The Morgan fingerprint density at radius 2 is 1.75 bits per heavy atom. The van der Waals surface area contributed by atoms with Crippen molar-refractivity contribution in [1.29, 1.82) is 0 Å². The first-order valence-corrected chi connectivity index (χ1v) is 3.81. The minimum atomic E-state index is 1.10. The quantitative estimate of drug-likeness (QED) is 0.485. The smallest absolute Gasteiger partial charge is 0.0210 e. The van der Waals surface area contributed by atoms with E-state index in [1.165, 1.54) is 38.5 Å². The van der Waals surface area contributed by atoms with E-state index in [0.717, 1.165) is 5.92 Å². The van der Waals surface area contributed by atoms with Gasteiger partial charge in [-0.3, -0.25) is 0 Å². The summed E-state index contributed by atoms with van der Waals surface area (Å²) >= 11 is 0. The highest BCUT2D eigenvalue weighted by atomic mass is 14.4. The van der Waals surface area contributed by atoms with Gasteiger partial charge in [-0.2, -0.15) is 0 Å². The predicted molar refractivity (Wildman–Crippen MR) is 34.4 cm³/mol. The molecule has 0 aromatic rings. The van der Waals surface area contributed by atoms with Gasteiger partial charge < -0.3 is 0 Å². The molecule has 2 aliphatic carbocycles. The lowest BCUT2D eigenvalue weighted by atomic mass is 9.67. The van der Waals surface area contributed by atoms with E-state index in [9.17, 15) is 0 Å². The Bertz CT molecular complexity index is 66.0. The van der Waals surface area contributed by atoms with Crippen molar-refractivity contribution >= 4 is 0 Å². The van der Waals surface area contributed by atoms with Crippen LogP contribution >= 0.6 is 0 Å². The van der Waals surface area contributed by atoms with Gasteiger partial charge in [0.15, 0.2) is 0 Å². The fourth-order valence-electron chi connectivity index (χ4n) is 1.61. The monoisotopic (exact) mass is 109 g/mol. The van der Waals surface area contributed by atoms with Gasteiger partial charge in [0.05, 0.1) is 0 Å². The summed E-state index contributed by atoms with van der Waals surface area (Å²) in [5.74, 6) is 3.00. The summed E-state index contributed by atoms with van der Waals surface area (Å²) < 4.78 is 0. The first-order valence-electron chi connectivity index (χ1n) is 3.81. The van der Waals surface area contributed by atoms with Crippen LogP contribution in [0.4, 0.5) is 0 Å². The lowest BCUT2D eigenvalue weighted by Crippen LogP contribution is -2.25. The average molecular weight is 109 g/mol. The van der Waals surface area contributed by atoms with Crippen molar-refractivity contribution < 1.29 is 0 Å². The molecule has 0 bridgehead atoms. The zero-order valence-corrected chi connectivity index (χ0v) is 5.32. The van der Waals surface area contributed by atoms with Gasteiger partial charge in [0, 0.05) is 0 Å². The zero-order valence-electron chi connectivity index (χ0n) is 5.32. The third-order valence-corrected chi connectivity index (χ3v) is 2.68. The topological polar surface area (TPSA) is 0 Å². The minimum absolute atomic E-state index is 1.10. The Hall–Kier alpha value is 0. The molecular formula is C8H13. The van der Waals surface area contributed by atoms with Crippen molar-refractivity contribution in [1.82, 2.24) is 0 Å². The fraction of sp³-hybridized carbons (Fsp3) is 0.875. The molecule has 1 radical (unpaired) electrons. The van der Waals surface area contributed by atoms with Gasteiger partial charge in [0.1, 0.15) is 0 Å².